The van der Waals surface area contributed by atoms with Gasteiger partial charge in [0.1, 0.15) is 0 Å². The van der Waals surface area contributed by atoms with Gasteiger partial charge in [-0.2, -0.15) is 0 Å². The minimum absolute atomic E-state index is 0.145. The van der Waals surface area contributed by atoms with E-state index in [2.05, 4.69) is 163 Å². The second-order valence-corrected chi connectivity index (χ2v) is 24.5. The first-order chi connectivity index (χ1) is 22.8. The fourth-order valence-corrected chi connectivity index (χ4v) is 19.1. The van der Waals surface area contributed by atoms with E-state index in [0.717, 1.165) is 0 Å². The van der Waals surface area contributed by atoms with Crippen LogP contribution in [0.15, 0.2) is 29.2 Å². The summed E-state index contributed by atoms with van der Waals surface area (Å²) in [5, 5.41) is 1.84. The minimum atomic E-state index is -0.810. The zero-order chi connectivity index (χ0) is 36.7. The van der Waals surface area contributed by atoms with Gasteiger partial charge in [-0.05, 0) is 0 Å². The van der Waals surface area contributed by atoms with Crippen LogP contribution in [0.4, 0.5) is 5.69 Å². The molecular formula is C41H73GeN5P2. The molecule has 1 aromatic carbocycles. The van der Waals surface area contributed by atoms with Gasteiger partial charge >= 0.3 is 314 Å². The van der Waals surface area contributed by atoms with Crippen LogP contribution in [0, 0.1) is 16.2 Å². The van der Waals surface area contributed by atoms with E-state index in [4.69, 9.17) is 0 Å². The van der Waals surface area contributed by atoms with Crippen LogP contribution < -0.4 is 3.86 Å². The number of hydrogen-bond acceptors (Lipinski definition) is 5. The molecule has 1 aromatic rings. The van der Waals surface area contributed by atoms with Crippen molar-refractivity contribution in [2.75, 3.05) is 16.9 Å². The molecule has 8 heteroatoms. The molecular weight excluding hydrogens is 697 g/mol. The van der Waals surface area contributed by atoms with E-state index in [9.17, 15) is 0 Å². The van der Waals surface area contributed by atoms with Gasteiger partial charge in [-0.1, -0.05) is 0 Å². The first-order valence-electron chi connectivity index (χ1n) is 19.7. The Balaban J connectivity index is 2.12. The van der Waals surface area contributed by atoms with Crippen LogP contribution in [-0.2, 0) is 0 Å². The Morgan fingerprint density at radius 1 is 0.755 bits per heavy atom. The molecule has 49 heavy (non-hydrogen) atoms. The van der Waals surface area contributed by atoms with Gasteiger partial charge in [0.2, 0.25) is 0 Å². The summed E-state index contributed by atoms with van der Waals surface area (Å²) in [6.07, 6.45) is 4.06. The van der Waals surface area contributed by atoms with Gasteiger partial charge in [0, 0.05) is 0 Å². The Morgan fingerprint density at radius 2 is 1.24 bits per heavy atom. The molecule has 3 atom stereocenters. The summed E-state index contributed by atoms with van der Waals surface area (Å²) >= 11 is -0.810. The van der Waals surface area contributed by atoms with Crippen LogP contribution in [0.1, 0.15) is 160 Å². The predicted molar refractivity (Wildman–Crippen MR) is 221 cm³/mol. The van der Waals surface area contributed by atoms with E-state index in [-0.39, 0.29) is 5.54 Å². The van der Waals surface area contributed by atoms with Crippen molar-refractivity contribution in [1.29, 1.82) is 0 Å². The summed E-state index contributed by atoms with van der Waals surface area (Å²) in [5.41, 5.74) is 6.48. The van der Waals surface area contributed by atoms with Crippen LogP contribution in [0.25, 0.3) is 0 Å². The van der Waals surface area contributed by atoms with Gasteiger partial charge in [-0.15, -0.1) is 0 Å². The zero-order valence-electron chi connectivity index (χ0n) is 34.6. The first-order valence-corrected chi connectivity index (χ1v) is 24.2. The number of nitrogens with zero attached hydrogens (tertiary/aromatic N) is 5. The molecule has 0 radical (unpaired) electrons. The van der Waals surface area contributed by atoms with Crippen LogP contribution in [0.5, 0.6) is 0 Å². The SMILES string of the molecule is CC(C)c1cccc(C(C)C)c1[N]([Ge]#[C]P(N(C(C)C)C(C)C)N(C(C)C)C(C)C)C1=C(P2N(C(C)C)CCN2C(C)(C)C)C2CCC1C2. The van der Waals surface area contributed by atoms with Gasteiger partial charge < -0.3 is 0 Å². The normalized spacial score (nSPS) is 22.4. The molecule has 4 rings (SSSR count). The standard InChI is InChI=1S/C41H73GeN5P2/c1-27(2)36-19-18-20-37(28(3)4)39(36)45(42-26-48(46(30(7)8)31(9)10)47(32(11)12)33(13)14)38-34-21-22-35(25-34)40(38)49-43(29(5)6)23-24-44(49)41(15,16)17/h18-20,27-35H,21-25H2,1-17H3. The van der Waals surface area contributed by atoms with Crippen molar-refractivity contribution in [2.45, 2.75) is 185 Å². The Kier molecular flexibility index (Phi) is 14.3. The Morgan fingerprint density at radius 3 is 1.67 bits per heavy atom. The summed E-state index contributed by atoms with van der Waals surface area (Å²) in [6.45, 7) is 43.5. The average Bonchev–Trinajstić information content (AvgIpc) is 3.71. The quantitative estimate of drug-likeness (QED) is 0.155. The van der Waals surface area contributed by atoms with Gasteiger partial charge in [0.05, 0.1) is 0 Å². The molecule has 3 aliphatic rings. The molecule has 1 saturated heterocycles. The third-order valence-electron chi connectivity index (χ3n) is 10.7. The second kappa shape index (κ2) is 16.8. The summed E-state index contributed by atoms with van der Waals surface area (Å²) in [5.74, 6) is 2.31. The molecule has 276 valence electrons. The zero-order valence-corrected chi connectivity index (χ0v) is 38.5. The molecule has 0 N–H and O–H groups in total. The number of allylic oxidation sites excluding steroid dienone is 2. The van der Waals surface area contributed by atoms with Crippen molar-refractivity contribution in [3.8, 4) is 4.40 Å². The van der Waals surface area contributed by atoms with Crippen molar-refractivity contribution in [2.24, 2.45) is 11.8 Å². The molecule has 1 aliphatic heterocycles. The fourth-order valence-electron chi connectivity index (χ4n) is 8.75. The Bertz CT molecular complexity index is 1310. The number of benzene rings is 1. The molecule has 2 fully saturated rings. The Hall–Kier alpha value is -0.217. The van der Waals surface area contributed by atoms with Crippen molar-refractivity contribution in [1.82, 2.24) is 18.7 Å². The van der Waals surface area contributed by atoms with Gasteiger partial charge in [0.15, 0.2) is 0 Å². The molecule has 5 nitrogen and oxygen atoms in total. The van der Waals surface area contributed by atoms with E-state index in [0.29, 0.717) is 53.9 Å². The maximum atomic E-state index is 4.51. The summed E-state index contributed by atoms with van der Waals surface area (Å²) in [4.78, 5) is 0. The molecule has 0 amide bonds. The van der Waals surface area contributed by atoms with E-state index in [1.807, 2.05) is 5.31 Å². The van der Waals surface area contributed by atoms with E-state index >= 15 is 0 Å². The van der Waals surface area contributed by atoms with Crippen LogP contribution in [0.2, 0.25) is 0 Å². The number of para-hydroxylation sites is 1. The number of fused-ring (bicyclic) bond motifs is 2. The number of anilines is 1. The first kappa shape index (κ1) is 41.5. The maximum absolute atomic E-state index is 4.51. The summed E-state index contributed by atoms with van der Waals surface area (Å²) in [7, 11) is -1.26. The molecule has 0 aromatic heterocycles. The monoisotopic (exact) mass is 771 g/mol. The molecule has 0 spiro atoms. The molecule has 1 saturated carbocycles. The average molecular weight is 771 g/mol. The van der Waals surface area contributed by atoms with E-state index < -0.39 is 31.5 Å². The summed E-state index contributed by atoms with van der Waals surface area (Å²) in [6, 6.07) is 9.65. The predicted octanol–water partition coefficient (Wildman–Crippen LogP) is 11.6. The molecule has 2 aliphatic carbocycles. The fraction of sp³-hybridized carbons (Fsp3) is 0.780. The van der Waals surface area contributed by atoms with Crippen molar-refractivity contribution < 1.29 is 0 Å². The topological polar surface area (TPSA) is 16.2 Å². The van der Waals surface area contributed by atoms with Crippen LogP contribution >= 0.6 is 16.4 Å². The second-order valence-electron chi connectivity index (χ2n) is 17.9. The number of hydrogen-bond donors (Lipinski definition) is 0. The molecule has 3 unspecified atom stereocenters. The van der Waals surface area contributed by atoms with Gasteiger partial charge in [-0.3, -0.25) is 0 Å². The van der Waals surface area contributed by atoms with E-state index in [1.165, 1.54) is 43.5 Å². The molecule has 1 heterocycles. The molecule has 2 bridgehead atoms. The number of rotatable bonds is 12. The van der Waals surface area contributed by atoms with Gasteiger partial charge in [0.25, 0.3) is 0 Å². The van der Waals surface area contributed by atoms with Crippen LogP contribution in [-0.4, -0.2) is 82.5 Å². The van der Waals surface area contributed by atoms with Gasteiger partial charge in [-0.25, -0.2) is 0 Å². The van der Waals surface area contributed by atoms with Crippen molar-refractivity contribution in [3.63, 3.8) is 0 Å². The Labute approximate surface area is 312 Å². The summed E-state index contributed by atoms with van der Waals surface area (Å²) < 4.78 is 19.0. The van der Waals surface area contributed by atoms with E-state index in [1.54, 1.807) is 11.4 Å². The third kappa shape index (κ3) is 8.78. The van der Waals surface area contributed by atoms with Crippen LogP contribution in [0.3, 0.4) is 0 Å². The van der Waals surface area contributed by atoms with Crippen molar-refractivity contribution >= 4 is 37.2 Å². The third-order valence-corrected chi connectivity index (χ3v) is 20.5. The van der Waals surface area contributed by atoms with Crippen molar-refractivity contribution in [3.05, 3.63) is 40.3 Å².